The van der Waals surface area contributed by atoms with E-state index in [0.717, 1.165) is 0 Å². The summed E-state index contributed by atoms with van der Waals surface area (Å²) in [5, 5.41) is 3.29. The maximum absolute atomic E-state index is 12.5. The Hall–Kier alpha value is -2.07. The minimum absolute atomic E-state index is 0.0410. The summed E-state index contributed by atoms with van der Waals surface area (Å²) in [6, 6.07) is 6.89. The summed E-state index contributed by atoms with van der Waals surface area (Å²) in [6.45, 7) is 5.81. The van der Waals surface area contributed by atoms with Crippen molar-refractivity contribution in [3.8, 4) is 0 Å². The largest absolute Gasteiger partial charge is 0.455 e. The molecule has 0 saturated heterocycles. The first kappa shape index (κ1) is 15.8. The highest BCUT2D eigenvalue weighted by molar-refractivity contribution is 6.31. The van der Waals surface area contributed by atoms with Crippen molar-refractivity contribution in [1.29, 1.82) is 0 Å². The average molecular weight is 332 g/mol. The van der Waals surface area contributed by atoms with E-state index in [1.807, 2.05) is 13.8 Å². The van der Waals surface area contributed by atoms with Crippen LogP contribution in [-0.2, 0) is 6.42 Å². The van der Waals surface area contributed by atoms with Crippen LogP contribution in [-0.4, -0.2) is 11.7 Å². The number of amides is 1. The molecule has 1 amide bonds. The number of fused-ring (bicyclic) bond motifs is 1. The van der Waals surface area contributed by atoms with Crippen LogP contribution in [0.3, 0.4) is 0 Å². The predicted octanol–water partition coefficient (Wildman–Crippen LogP) is 4.65. The van der Waals surface area contributed by atoms with Crippen LogP contribution in [0, 0.1) is 12.3 Å². The van der Waals surface area contributed by atoms with Crippen LogP contribution in [0.1, 0.15) is 52.5 Å². The minimum Gasteiger partial charge on any atom is -0.455 e. The molecule has 0 aliphatic heterocycles. The number of benzene rings is 1. The van der Waals surface area contributed by atoms with E-state index in [4.69, 9.17) is 16.0 Å². The van der Waals surface area contributed by atoms with Crippen LogP contribution in [0.25, 0.3) is 0 Å². The first-order chi connectivity index (χ1) is 10.8. The van der Waals surface area contributed by atoms with Gasteiger partial charge in [-0.2, -0.15) is 0 Å². The number of rotatable bonds is 2. The van der Waals surface area contributed by atoms with Gasteiger partial charge in [-0.25, -0.2) is 0 Å². The van der Waals surface area contributed by atoms with Gasteiger partial charge in [0.2, 0.25) is 0 Å². The summed E-state index contributed by atoms with van der Waals surface area (Å²) in [5.74, 6) is 0.477. The highest BCUT2D eigenvalue weighted by Crippen LogP contribution is 2.38. The zero-order chi connectivity index (χ0) is 16.8. The van der Waals surface area contributed by atoms with Gasteiger partial charge in [-0.15, -0.1) is 0 Å². The highest BCUT2D eigenvalue weighted by atomic mass is 35.5. The minimum atomic E-state index is -0.371. The van der Waals surface area contributed by atoms with E-state index in [0.29, 0.717) is 40.4 Å². The first-order valence-corrected chi connectivity index (χ1v) is 7.87. The first-order valence-electron chi connectivity index (χ1n) is 7.49. The van der Waals surface area contributed by atoms with E-state index in [-0.39, 0.29) is 22.9 Å². The molecule has 1 N–H and O–H groups in total. The number of halogens is 1. The normalized spacial score (nSPS) is 16.1. The van der Waals surface area contributed by atoms with Gasteiger partial charge in [-0.1, -0.05) is 31.5 Å². The highest BCUT2D eigenvalue weighted by Gasteiger charge is 2.37. The smallest absolute Gasteiger partial charge is 0.291 e. The Kier molecular flexibility index (Phi) is 3.80. The monoisotopic (exact) mass is 331 g/mol. The molecule has 1 heterocycles. The van der Waals surface area contributed by atoms with Gasteiger partial charge in [0.05, 0.1) is 5.56 Å². The number of hydrogen-bond acceptors (Lipinski definition) is 3. The van der Waals surface area contributed by atoms with Gasteiger partial charge in [0.15, 0.2) is 11.5 Å². The van der Waals surface area contributed by atoms with Crippen LogP contribution in [0.5, 0.6) is 0 Å². The Balaban J connectivity index is 1.92. The molecule has 0 radical (unpaired) electrons. The molecule has 3 rings (SSSR count). The average Bonchev–Trinajstić information content (AvgIpc) is 2.74. The van der Waals surface area contributed by atoms with Gasteiger partial charge in [-0.05, 0) is 30.5 Å². The zero-order valence-corrected chi connectivity index (χ0v) is 14.1. The second-order valence-electron chi connectivity index (χ2n) is 6.76. The summed E-state index contributed by atoms with van der Waals surface area (Å²) >= 11 is 5.92. The molecule has 0 bridgehead atoms. The van der Waals surface area contributed by atoms with Gasteiger partial charge in [0, 0.05) is 29.1 Å². The third-order valence-corrected chi connectivity index (χ3v) is 4.30. The fourth-order valence-electron chi connectivity index (χ4n) is 3.05. The van der Waals surface area contributed by atoms with Crippen molar-refractivity contribution in [3.63, 3.8) is 0 Å². The Morgan fingerprint density at radius 1 is 1.30 bits per heavy atom. The van der Waals surface area contributed by atoms with Gasteiger partial charge < -0.3 is 9.73 Å². The number of carbonyl (C=O) groups excluding carboxylic acids is 2. The molecular weight excluding hydrogens is 314 g/mol. The molecule has 0 atom stereocenters. The van der Waals surface area contributed by atoms with Crippen molar-refractivity contribution in [1.82, 2.24) is 0 Å². The van der Waals surface area contributed by atoms with Crippen LogP contribution >= 0.6 is 11.6 Å². The lowest BCUT2D eigenvalue weighted by atomic mass is 9.76. The molecule has 0 spiro atoms. The molecule has 0 fully saturated rings. The number of furan rings is 1. The van der Waals surface area contributed by atoms with Crippen molar-refractivity contribution in [2.75, 3.05) is 5.32 Å². The van der Waals surface area contributed by atoms with E-state index in [1.165, 1.54) is 0 Å². The molecule has 5 heteroatoms. The number of Topliss-reactive ketones (excluding diaryl/α,β-unsaturated/α-hetero) is 1. The lowest BCUT2D eigenvalue weighted by Crippen LogP contribution is -2.26. The molecule has 4 nitrogen and oxygen atoms in total. The summed E-state index contributed by atoms with van der Waals surface area (Å²) in [6.07, 6.45) is 1.12. The zero-order valence-electron chi connectivity index (χ0n) is 13.3. The topological polar surface area (TPSA) is 59.3 Å². The van der Waals surface area contributed by atoms with Crippen LogP contribution in [0.15, 0.2) is 28.7 Å². The molecule has 1 aliphatic carbocycles. The standard InChI is InChI=1S/C18H18ClNO3/c1-10-15-13(21)8-18(2,3)9-14(15)23-16(10)17(22)20-12-6-4-5-11(19)7-12/h4-7H,8-9H2,1-3H3,(H,20,22). The fourth-order valence-corrected chi connectivity index (χ4v) is 3.24. The third-order valence-electron chi connectivity index (χ3n) is 4.07. The Bertz CT molecular complexity index is 805. The van der Waals surface area contributed by atoms with E-state index < -0.39 is 0 Å². The molecule has 23 heavy (non-hydrogen) atoms. The maximum atomic E-state index is 12.5. The van der Waals surface area contributed by atoms with Gasteiger partial charge >= 0.3 is 0 Å². The quantitative estimate of drug-likeness (QED) is 0.871. The number of anilines is 1. The van der Waals surface area contributed by atoms with Crippen molar-refractivity contribution >= 4 is 29.0 Å². The van der Waals surface area contributed by atoms with Crippen molar-refractivity contribution in [2.24, 2.45) is 5.41 Å². The molecule has 120 valence electrons. The van der Waals surface area contributed by atoms with E-state index in [1.54, 1.807) is 31.2 Å². The number of carbonyl (C=O) groups is 2. The SMILES string of the molecule is Cc1c(C(=O)Nc2cccc(Cl)c2)oc2c1C(=O)CC(C)(C)C2. The second kappa shape index (κ2) is 5.53. The number of nitrogens with one attached hydrogen (secondary N) is 1. The Morgan fingerprint density at radius 2 is 2.04 bits per heavy atom. The summed E-state index contributed by atoms with van der Waals surface area (Å²) in [4.78, 5) is 24.8. The van der Waals surface area contributed by atoms with E-state index in [2.05, 4.69) is 5.32 Å². The number of hydrogen-bond donors (Lipinski definition) is 1. The molecule has 1 aliphatic rings. The van der Waals surface area contributed by atoms with Gasteiger partial charge in [-0.3, -0.25) is 9.59 Å². The van der Waals surface area contributed by atoms with Crippen LogP contribution in [0.2, 0.25) is 5.02 Å². The van der Waals surface area contributed by atoms with Gasteiger partial charge in [0.1, 0.15) is 5.76 Å². The molecular formula is C18H18ClNO3. The summed E-state index contributed by atoms with van der Waals surface area (Å²) < 4.78 is 5.74. The van der Waals surface area contributed by atoms with Crippen molar-refractivity contribution < 1.29 is 14.0 Å². The lowest BCUT2D eigenvalue weighted by molar-refractivity contribution is 0.0898. The Morgan fingerprint density at radius 3 is 2.74 bits per heavy atom. The molecule has 1 aromatic heterocycles. The predicted molar refractivity (Wildman–Crippen MR) is 89.3 cm³/mol. The summed E-state index contributed by atoms with van der Waals surface area (Å²) in [5.41, 5.74) is 1.62. The maximum Gasteiger partial charge on any atom is 0.291 e. The summed E-state index contributed by atoms with van der Waals surface area (Å²) in [7, 11) is 0. The molecule has 1 aromatic carbocycles. The van der Waals surface area contributed by atoms with E-state index in [9.17, 15) is 9.59 Å². The molecule has 0 saturated carbocycles. The van der Waals surface area contributed by atoms with Crippen molar-refractivity contribution in [3.05, 3.63) is 51.9 Å². The fraction of sp³-hybridized carbons (Fsp3) is 0.333. The van der Waals surface area contributed by atoms with Crippen LogP contribution < -0.4 is 5.32 Å². The second-order valence-corrected chi connectivity index (χ2v) is 7.20. The molecule has 0 unspecified atom stereocenters. The van der Waals surface area contributed by atoms with Crippen LogP contribution in [0.4, 0.5) is 5.69 Å². The van der Waals surface area contributed by atoms with Gasteiger partial charge in [0.25, 0.3) is 5.91 Å². The third kappa shape index (κ3) is 3.04. The lowest BCUT2D eigenvalue weighted by Gasteiger charge is -2.27. The van der Waals surface area contributed by atoms with Crippen molar-refractivity contribution in [2.45, 2.75) is 33.6 Å². The van der Waals surface area contributed by atoms with E-state index >= 15 is 0 Å². The Labute approximate surface area is 139 Å². The number of ketones is 1. The molecule has 2 aromatic rings.